The van der Waals surface area contributed by atoms with Crippen LogP contribution in [0.3, 0.4) is 0 Å². The number of rotatable bonds is 9. The number of amides is 1. The molecule has 2 N–H and O–H groups in total. The number of fused-ring (bicyclic) bond motifs is 2. The Labute approximate surface area is 251 Å². The minimum Gasteiger partial charge on any atom is -0.325 e. The van der Waals surface area contributed by atoms with Crippen LogP contribution < -0.4 is 10.6 Å². The third kappa shape index (κ3) is 5.80. The standard InChI is InChI=1S/C32H39Cl2F2N3O2/c1-31(2,3)18-26-32(20-16-23(35)22(34)17-24(20)37-30(32)41)27(19-10-9-11-21(33)28(19)36)29(38-26)25(40)12-5-4-6-13-39-14-7-8-15-39/h9-11,16-17,26-27,29,38H,4-8,12-15,18H2,1-3H3,(H,37,41)/t26-,27+,29+,32+/m1/s1. The Bertz CT molecular complexity index is 1320. The van der Waals surface area contributed by atoms with Gasteiger partial charge in [-0.1, -0.05) is 62.5 Å². The normalized spacial score (nSPS) is 26.1. The number of unbranched alkanes of at least 4 members (excludes halogenated alkanes) is 2. The van der Waals surface area contributed by atoms with Gasteiger partial charge >= 0.3 is 0 Å². The fourth-order valence-corrected chi connectivity index (χ4v) is 7.53. The topological polar surface area (TPSA) is 61.4 Å². The highest BCUT2D eigenvalue weighted by molar-refractivity contribution is 6.31. The molecule has 5 rings (SSSR count). The van der Waals surface area contributed by atoms with Gasteiger partial charge < -0.3 is 15.5 Å². The Hall–Kier alpha value is -2.06. The molecule has 1 amide bonds. The zero-order valence-corrected chi connectivity index (χ0v) is 25.5. The van der Waals surface area contributed by atoms with E-state index in [1.54, 1.807) is 12.1 Å². The fourth-order valence-electron chi connectivity index (χ4n) is 7.19. The van der Waals surface area contributed by atoms with E-state index in [1.165, 1.54) is 31.0 Å². The molecule has 0 bridgehead atoms. The van der Waals surface area contributed by atoms with Crippen molar-refractivity contribution in [1.29, 1.82) is 0 Å². The summed E-state index contributed by atoms with van der Waals surface area (Å²) in [4.78, 5) is 30.6. The average Bonchev–Trinajstić information content (AvgIpc) is 3.59. The lowest BCUT2D eigenvalue weighted by Crippen LogP contribution is -2.49. The molecule has 5 nitrogen and oxygen atoms in total. The first kappa shape index (κ1) is 30.4. The van der Waals surface area contributed by atoms with E-state index in [9.17, 15) is 9.59 Å². The molecule has 2 aromatic carbocycles. The van der Waals surface area contributed by atoms with Crippen LogP contribution in [-0.4, -0.2) is 48.3 Å². The molecule has 0 radical (unpaired) electrons. The summed E-state index contributed by atoms with van der Waals surface area (Å²) in [6.07, 6.45) is 5.92. The van der Waals surface area contributed by atoms with E-state index in [0.29, 0.717) is 30.5 Å². The fraction of sp³-hybridized carbons (Fsp3) is 0.562. The smallest absolute Gasteiger partial charge is 0.237 e. The van der Waals surface area contributed by atoms with E-state index in [-0.39, 0.29) is 26.8 Å². The predicted molar refractivity (Wildman–Crippen MR) is 160 cm³/mol. The van der Waals surface area contributed by atoms with Crippen molar-refractivity contribution in [3.63, 3.8) is 0 Å². The predicted octanol–water partition coefficient (Wildman–Crippen LogP) is 7.25. The van der Waals surface area contributed by atoms with Crippen LogP contribution in [0, 0.1) is 17.0 Å². The van der Waals surface area contributed by atoms with Gasteiger partial charge in [0.05, 0.1) is 16.1 Å². The van der Waals surface area contributed by atoms with Crippen molar-refractivity contribution >= 4 is 40.6 Å². The Morgan fingerprint density at radius 3 is 2.51 bits per heavy atom. The summed E-state index contributed by atoms with van der Waals surface area (Å²) >= 11 is 12.4. The third-order valence-corrected chi connectivity index (χ3v) is 9.54. The lowest BCUT2D eigenvalue weighted by Gasteiger charge is -2.37. The first-order valence-electron chi connectivity index (χ1n) is 14.7. The van der Waals surface area contributed by atoms with Gasteiger partial charge in [0.2, 0.25) is 5.91 Å². The minimum absolute atomic E-state index is 0.0815. The van der Waals surface area contributed by atoms with Crippen LogP contribution in [0.5, 0.6) is 0 Å². The monoisotopic (exact) mass is 605 g/mol. The van der Waals surface area contributed by atoms with Gasteiger partial charge in [-0.3, -0.25) is 9.59 Å². The van der Waals surface area contributed by atoms with Crippen LogP contribution >= 0.6 is 23.2 Å². The second kappa shape index (κ2) is 11.9. The molecule has 1 spiro atoms. The first-order chi connectivity index (χ1) is 19.4. The molecule has 0 aliphatic carbocycles. The summed E-state index contributed by atoms with van der Waals surface area (Å²) < 4.78 is 30.9. The first-order valence-corrected chi connectivity index (χ1v) is 15.4. The maximum absolute atomic E-state index is 15.8. The van der Waals surface area contributed by atoms with Gasteiger partial charge in [0.25, 0.3) is 0 Å². The lowest BCUT2D eigenvalue weighted by molar-refractivity contribution is -0.122. The number of ketones is 1. The highest BCUT2D eigenvalue weighted by Crippen LogP contribution is 2.57. The highest BCUT2D eigenvalue weighted by Gasteiger charge is 2.66. The van der Waals surface area contributed by atoms with E-state index in [0.717, 1.165) is 32.5 Å². The number of likely N-dealkylation sites (tertiary alicyclic amines) is 1. The summed E-state index contributed by atoms with van der Waals surface area (Å²) in [5.74, 6) is -2.76. The zero-order valence-electron chi connectivity index (χ0n) is 24.0. The van der Waals surface area contributed by atoms with Crippen molar-refractivity contribution in [2.75, 3.05) is 25.0 Å². The minimum atomic E-state index is -1.45. The van der Waals surface area contributed by atoms with Crippen LogP contribution in [0.4, 0.5) is 14.5 Å². The number of hydrogen-bond donors (Lipinski definition) is 2. The number of halogens is 4. The zero-order chi connectivity index (χ0) is 29.5. The van der Waals surface area contributed by atoms with Gasteiger partial charge in [0.15, 0.2) is 0 Å². The average molecular weight is 607 g/mol. The van der Waals surface area contributed by atoms with E-state index < -0.39 is 41.0 Å². The molecule has 3 aliphatic heterocycles. The van der Waals surface area contributed by atoms with E-state index >= 15 is 8.78 Å². The molecule has 222 valence electrons. The van der Waals surface area contributed by atoms with Crippen LogP contribution in [0.15, 0.2) is 30.3 Å². The summed E-state index contributed by atoms with van der Waals surface area (Å²) in [5.41, 5.74) is -0.771. The molecule has 0 unspecified atom stereocenters. The SMILES string of the molecule is CC(C)(C)C[C@H]1N[C@@H](C(=O)CCCCCN2CCCC2)[C@H](c2cccc(Cl)c2F)[C@@]12C(=O)Nc1cc(Cl)c(F)cc12. The molecule has 3 heterocycles. The van der Waals surface area contributed by atoms with Gasteiger partial charge in [0.1, 0.15) is 22.8 Å². The van der Waals surface area contributed by atoms with Crippen LogP contribution in [0.1, 0.15) is 82.8 Å². The summed E-state index contributed by atoms with van der Waals surface area (Å²) in [6.45, 7) is 9.46. The summed E-state index contributed by atoms with van der Waals surface area (Å²) in [5, 5.41) is 6.16. The Kier molecular flexibility index (Phi) is 8.83. The molecule has 2 aromatic rings. The third-order valence-electron chi connectivity index (χ3n) is 8.96. The van der Waals surface area contributed by atoms with Crippen molar-refractivity contribution in [1.82, 2.24) is 10.2 Å². The lowest BCUT2D eigenvalue weighted by atomic mass is 9.62. The van der Waals surface area contributed by atoms with E-state index in [4.69, 9.17) is 23.2 Å². The molecule has 3 aliphatic rings. The van der Waals surface area contributed by atoms with E-state index in [1.807, 2.05) is 20.8 Å². The number of benzene rings is 2. The van der Waals surface area contributed by atoms with Crippen molar-refractivity contribution in [3.8, 4) is 0 Å². The second-order valence-electron chi connectivity index (χ2n) is 13.0. The maximum Gasteiger partial charge on any atom is 0.237 e. The molecule has 4 atom stereocenters. The molecular weight excluding hydrogens is 567 g/mol. The van der Waals surface area contributed by atoms with E-state index in [2.05, 4.69) is 15.5 Å². The molecular formula is C32H39Cl2F2N3O2. The van der Waals surface area contributed by atoms with Crippen LogP contribution in [-0.2, 0) is 15.0 Å². The molecule has 9 heteroatoms. The Balaban J connectivity index is 1.54. The Morgan fingerprint density at radius 1 is 1.07 bits per heavy atom. The molecule has 2 fully saturated rings. The molecule has 0 saturated carbocycles. The van der Waals surface area contributed by atoms with Gasteiger partial charge in [0, 0.05) is 24.1 Å². The van der Waals surface area contributed by atoms with Gasteiger partial charge in [-0.05, 0) is 86.5 Å². The molecule has 2 saturated heterocycles. The van der Waals surface area contributed by atoms with Gasteiger partial charge in [-0.25, -0.2) is 8.78 Å². The number of carbonyl (C=O) groups excluding carboxylic acids is 2. The van der Waals surface area contributed by atoms with Crippen molar-refractivity contribution in [3.05, 3.63) is 63.1 Å². The molecule has 0 aromatic heterocycles. The van der Waals surface area contributed by atoms with Gasteiger partial charge in [-0.2, -0.15) is 0 Å². The van der Waals surface area contributed by atoms with Gasteiger partial charge in [-0.15, -0.1) is 0 Å². The second-order valence-corrected chi connectivity index (χ2v) is 13.9. The number of carbonyl (C=O) groups is 2. The Morgan fingerprint density at radius 2 is 1.80 bits per heavy atom. The number of nitrogens with zero attached hydrogens (tertiary/aromatic N) is 1. The van der Waals surface area contributed by atoms with Crippen LogP contribution in [0.25, 0.3) is 0 Å². The van der Waals surface area contributed by atoms with Crippen molar-refractivity contribution < 1.29 is 18.4 Å². The summed E-state index contributed by atoms with van der Waals surface area (Å²) in [7, 11) is 0. The highest BCUT2D eigenvalue weighted by atomic mass is 35.5. The van der Waals surface area contributed by atoms with Crippen molar-refractivity contribution in [2.24, 2.45) is 5.41 Å². The van der Waals surface area contributed by atoms with Crippen LogP contribution in [0.2, 0.25) is 10.0 Å². The summed E-state index contributed by atoms with van der Waals surface area (Å²) in [6, 6.07) is 5.90. The number of anilines is 1. The van der Waals surface area contributed by atoms with Crippen molar-refractivity contribution in [2.45, 2.75) is 89.1 Å². The molecule has 41 heavy (non-hydrogen) atoms. The number of hydrogen-bond acceptors (Lipinski definition) is 4. The largest absolute Gasteiger partial charge is 0.325 e. The number of nitrogens with one attached hydrogen (secondary N) is 2. The number of Topliss-reactive ketones (excluding diaryl/α,β-unsaturated/α-hetero) is 1. The maximum atomic E-state index is 15.8. The quantitative estimate of drug-likeness (QED) is 0.296.